The van der Waals surface area contributed by atoms with Gasteiger partial charge in [0.05, 0.1) is 6.04 Å². The average molecular weight is 248 g/mol. The Morgan fingerprint density at radius 2 is 2.50 bits per heavy atom. The monoisotopic (exact) mass is 248 g/mol. The molecule has 0 aromatic carbocycles. The van der Waals surface area contributed by atoms with E-state index in [4.69, 9.17) is 4.74 Å². The molecule has 2 N–H and O–H groups in total. The normalized spacial score (nSPS) is 21.6. The lowest BCUT2D eigenvalue weighted by Crippen LogP contribution is -2.55. The molecule has 0 unspecified atom stereocenters. The van der Waals surface area contributed by atoms with Crippen molar-refractivity contribution in [2.45, 2.75) is 6.04 Å². The zero-order chi connectivity index (χ0) is 12.5. The highest BCUT2D eigenvalue weighted by Crippen LogP contribution is 2.32. The summed E-state index contributed by atoms with van der Waals surface area (Å²) in [7, 11) is 1.59. The standard InChI is InChI=1S/C12H16N4O2/c1-13-11(17)9-2-3-10-12(15-9)18-7-8-6-14-4-5-16(8)10/h2-3,8,14H,4-7H2,1H3,(H,13,17)/t8-/m1/s1. The van der Waals surface area contributed by atoms with E-state index in [1.54, 1.807) is 13.1 Å². The number of fused-ring (bicyclic) bond motifs is 3. The Bertz CT molecular complexity index is 477. The highest BCUT2D eigenvalue weighted by Gasteiger charge is 2.30. The SMILES string of the molecule is CNC(=O)c1ccc2c(n1)OC[C@H]1CNCCN21. The van der Waals surface area contributed by atoms with Gasteiger partial charge < -0.3 is 20.3 Å². The molecule has 1 aromatic heterocycles. The zero-order valence-corrected chi connectivity index (χ0v) is 10.3. The number of pyridine rings is 1. The molecule has 0 aliphatic carbocycles. The number of amides is 1. The van der Waals surface area contributed by atoms with Gasteiger partial charge in [-0.2, -0.15) is 0 Å². The lowest BCUT2D eigenvalue weighted by molar-refractivity contribution is 0.0956. The van der Waals surface area contributed by atoms with E-state index in [9.17, 15) is 4.79 Å². The highest BCUT2D eigenvalue weighted by molar-refractivity contribution is 5.92. The quantitative estimate of drug-likeness (QED) is 0.708. The largest absolute Gasteiger partial charge is 0.474 e. The summed E-state index contributed by atoms with van der Waals surface area (Å²) in [5, 5.41) is 5.91. The number of aromatic nitrogens is 1. The summed E-state index contributed by atoms with van der Waals surface area (Å²) < 4.78 is 5.66. The van der Waals surface area contributed by atoms with Crippen LogP contribution in [0.5, 0.6) is 5.88 Å². The van der Waals surface area contributed by atoms with E-state index in [-0.39, 0.29) is 5.91 Å². The van der Waals surface area contributed by atoms with Crippen LogP contribution in [0.4, 0.5) is 5.69 Å². The number of carbonyl (C=O) groups is 1. The molecule has 1 saturated heterocycles. The average Bonchev–Trinajstić information content (AvgIpc) is 2.45. The zero-order valence-electron chi connectivity index (χ0n) is 10.3. The van der Waals surface area contributed by atoms with Crippen molar-refractivity contribution in [3.8, 4) is 5.88 Å². The van der Waals surface area contributed by atoms with Crippen LogP contribution in [0.2, 0.25) is 0 Å². The van der Waals surface area contributed by atoms with Crippen molar-refractivity contribution in [2.75, 3.05) is 38.2 Å². The second-order valence-corrected chi connectivity index (χ2v) is 4.46. The first kappa shape index (κ1) is 11.3. The van der Waals surface area contributed by atoms with Crippen LogP contribution in [0.25, 0.3) is 0 Å². The fraction of sp³-hybridized carbons (Fsp3) is 0.500. The van der Waals surface area contributed by atoms with Crippen molar-refractivity contribution in [1.29, 1.82) is 0 Å². The molecule has 18 heavy (non-hydrogen) atoms. The minimum atomic E-state index is -0.191. The second kappa shape index (κ2) is 4.45. The molecule has 2 aliphatic heterocycles. The van der Waals surface area contributed by atoms with E-state index in [1.165, 1.54) is 0 Å². The summed E-state index contributed by atoms with van der Waals surface area (Å²) >= 11 is 0. The van der Waals surface area contributed by atoms with Crippen LogP contribution in [-0.2, 0) is 0 Å². The maximum absolute atomic E-state index is 11.5. The molecule has 0 spiro atoms. The Morgan fingerprint density at radius 1 is 1.61 bits per heavy atom. The summed E-state index contributed by atoms with van der Waals surface area (Å²) in [6.45, 7) is 3.45. The molecule has 6 heteroatoms. The van der Waals surface area contributed by atoms with Gasteiger partial charge in [0.25, 0.3) is 5.91 Å². The van der Waals surface area contributed by atoms with E-state index in [2.05, 4.69) is 20.5 Å². The van der Waals surface area contributed by atoms with Crippen LogP contribution in [-0.4, -0.2) is 50.2 Å². The number of nitrogens with zero attached hydrogens (tertiary/aromatic N) is 2. The van der Waals surface area contributed by atoms with Crippen LogP contribution in [0.3, 0.4) is 0 Å². The molecule has 1 amide bonds. The third-order valence-corrected chi connectivity index (χ3v) is 3.37. The minimum Gasteiger partial charge on any atom is -0.474 e. The smallest absolute Gasteiger partial charge is 0.269 e. The van der Waals surface area contributed by atoms with Gasteiger partial charge >= 0.3 is 0 Å². The van der Waals surface area contributed by atoms with Crippen LogP contribution < -0.4 is 20.3 Å². The van der Waals surface area contributed by atoms with E-state index in [0.29, 0.717) is 24.2 Å². The molecule has 1 aromatic rings. The summed E-state index contributed by atoms with van der Waals surface area (Å²) in [5.41, 5.74) is 1.38. The third-order valence-electron chi connectivity index (χ3n) is 3.37. The lowest BCUT2D eigenvalue weighted by atomic mass is 10.1. The molecule has 0 saturated carbocycles. The van der Waals surface area contributed by atoms with Gasteiger partial charge in [-0.05, 0) is 12.1 Å². The topological polar surface area (TPSA) is 66.5 Å². The molecule has 3 rings (SSSR count). The molecule has 0 radical (unpaired) electrons. The third kappa shape index (κ3) is 1.78. The number of nitrogens with one attached hydrogen (secondary N) is 2. The van der Waals surface area contributed by atoms with Crippen LogP contribution in [0.1, 0.15) is 10.5 Å². The molecule has 6 nitrogen and oxygen atoms in total. The predicted octanol–water partition coefficient (Wildman–Crippen LogP) is -0.388. The number of piperazine rings is 1. The Balaban J connectivity index is 1.93. The molecule has 3 heterocycles. The van der Waals surface area contributed by atoms with Gasteiger partial charge in [0.2, 0.25) is 5.88 Å². The summed E-state index contributed by atoms with van der Waals surface area (Å²) in [6.07, 6.45) is 0. The molecule has 0 bridgehead atoms. The van der Waals surface area contributed by atoms with Crippen LogP contribution in [0, 0.1) is 0 Å². The van der Waals surface area contributed by atoms with Gasteiger partial charge in [-0.1, -0.05) is 0 Å². The van der Waals surface area contributed by atoms with Crippen molar-refractivity contribution >= 4 is 11.6 Å². The van der Waals surface area contributed by atoms with Crippen molar-refractivity contribution in [3.05, 3.63) is 17.8 Å². The van der Waals surface area contributed by atoms with Gasteiger partial charge in [-0.3, -0.25) is 4.79 Å². The van der Waals surface area contributed by atoms with Crippen molar-refractivity contribution in [2.24, 2.45) is 0 Å². The van der Waals surface area contributed by atoms with E-state index < -0.39 is 0 Å². The van der Waals surface area contributed by atoms with Crippen molar-refractivity contribution in [1.82, 2.24) is 15.6 Å². The van der Waals surface area contributed by atoms with Gasteiger partial charge in [-0.15, -0.1) is 0 Å². The molecule has 2 aliphatic rings. The Kier molecular flexibility index (Phi) is 2.79. The highest BCUT2D eigenvalue weighted by atomic mass is 16.5. The number of rotatable bonds is 1. The van der Waals surface area contributed by atoms with Gasteiger partial charge in [0, 0.05) is 26.7 Å². The number of hydrogen-bond acceptors (Lipinski definition) is 5. The summed E-state index contributed by atoms with van der Waals surface area (Å²) in [6, 6.07) is 4.02. The number of anilines is 1. The molecular weight excluding hydrogens is 232 g/mol. The van der Waals surface area contributed by atoms with Gasteiger partial charge in [0.15, 0.2) is 0 Å². The minimum absolute atomic E-state index is 0.191. The number of hydrogen-bond donors (Lipinski definition) is 2. The Hall–Kier alpha value is -1.82. The number of ether oxygens (including phenoxy) is 1. The van der Waals surface area contributed by atoms with Gasteiger partial charge in [-0.25, -0.2) is 4.98 Å². The maximum atomic E-state index is 11.5. The fourth-order valence-electron chi connectivity index (χ4n) is 2.41. The van der Waals surface area contributed by atoms with E-state index in [0.717, 1.165) is 25.3 Å². The summed E-state index contributed by atoms with van der Waals surface area (Å²) in [5.74, 6) is 0.373. The first-order valence-electron chi connectivity index (χ1n) is 6.13. The predicted molar refractivity (Wildman–Crippen MR) is 67.1 cm³/mol. The second-order valence-electron chi connectivity index (χ2n) is 4.46. The van der Waals surface area contributed by atoms with Gasteiger partial charge in [0.1, 0.15) is 18.0 Å². The van der Waals surface area contributed by atoms with Crippen LogP contribution in [0.15, 0.2) is 12.1 Å². The first-order valence-corrected chi connectivity index (χ1v) is 6.13. The Morgan fingerprint density at radius 3 is 3.33 bits per heavy atom. The Labute approximate surface area is 105 Å². The maximum Gasteiger partial charge on any atom is 0.269 e. The molecule has 1 fully saturated rings. The molecule has 96 valence electrons. The fourth-order valence-corrected chi connectivity index (χ4v) is 2.41. The van der Waals surface area contributed by atoms with Crippen molar-refractivity contribution < 1.29 is 9.53 Å². The van der Waals surface area contributed by atoms with Crippen molar-refractivity contribution in [3.63, 3.8) is 0 Å². The lowest BCUT2D eigenvalue weighted by Gasteiger charge is -2.41. The van der Waals surface area contributed by atoms with E-state index >= 15 is 0 Å². The number of carbonyl (C=O) groups excluding carboxylic acids is 1. The molecule has 1 atom stereocenters. The van der Waals surface area contributed by atoms with E-state index in [1.807, 2.05) is 6.07 Å². The van der Waals surface area contributed by atoms with Crippen LogP contribution >= 0.6 is 0 Å². The molecular formula is C12H16N4O2. The first-order chi connectivity index (χ1) is 8.79. The summed E-state index contributed by atoms with van der Waals surface area (Å²) in [4.78, 5) is 18.1.